The summed E-state index contributed by atoms with van der Waals surface area (Å²) in [5.41, 5.74) is 1.42. The molecule has 6 heteroatoms. The van der Waals surface area contributed by atoms with E-state index >= 15 is 0 Å². The van der Waals surface area contributed by atoms with E-state index in [2.05, 4.69) is 0 Å². The molecule has 2 aliphatic heterocycles. The summed E-state index contributed by atoms with van der Waals surface area (Å²) in [6, 6.07) is 4.76. The molecule has 1 unspecified atom stereocenters. The van der Waals surface area contributed by atoms with Gasteiger partial charge in [0.25, 0.3) is 11.6 Å². The molecule has 1 fully saturated rings. The van der Waals surface area contributed by atoms with Crippen molar-refractivity contribution >= 4 is 17.3 Å². The molecule has 21 heavy (non-hydrogen) atoms. The number of non-ortho nitro benzene ring substituents is 1. The van der Waals surface area contributed by atoms with E-state index in [1.807, 2.05) is 13.8 Å². The highest BCUT2D eigenvalue weighted by atomic mass is 16.6. The van der Waals surface area contributed by atoms with E-state index in [0.717, 1.165) is 18.4 Å². The molecular weight excluding hydrogens is 272 g/mol. The zero-order chi connectivity index (χ0) is 15.2. The number of nitro groups is 1. The van der Waals surface area contributed by atoms with Gasteiger partial charge in [0.1, 0.15) is 6.10 Å². The van der Waals surface area contributed by atoms with Crippen molar-refractivity contribution in [3.63, 3.8) is 0 Å². The third-order valence-electron chi connectivity index (χ3n) is 4.24. The molecule has 1 atom stereocenters. The minimum Gasteiger partial charge on any atom is -0.368 e. The summed E-state index contributed by atoms with van der Waals surface area (Å²) < 4.78 is 5.46. The Balaban J connectivity index is 2.00. The fraction of sp³-hybridized carbons (Fsp3) is 0.533. The molecule has 0 spiro atoms. The SMILES string of the molecule is CC1(C)CN(C(=O)C2CCCO2)c2cc([N+](=O)[O-])ccc21. The van der Waals surface area contributed by atoms with Crippen molar-refractivity contribution in [2.24, 2.45) is 0 Å². The van der Waals surface area contributed by atoms with Crippen molar-refractivity contribution in [3.8, 4) is 0 Å². The Labute approximate surface area is 122 Å². The number of ether oxygens (including phenoxy) is 1. The van der Waals surface area contributed by atoms with Gasteiger partial charge >= 0.3 is 0 Å². The van der Waals surface area contributed by atoms with Crippen molar-refractivity contribution in [1.82, 2.24) is 0 Å². The quantitative estimate of drug-likeness (QED) is 0.619. The molecule has 2 aliphatic rings. The second-order valence-electron chi connectivity index (χ2n) is 6.27. The van der Waals surface area contributed by atoms with Crippen molar-refractivity contribution in [2.45, 2.75) is 38.2 Å². The molecule has 0 N–H and O–H groups in total. The number of fused-ring (bicyclic) bond motifs is 1. The smallest absolute Gasteiger partial charge is 0.271 e. The molecule has 1 amide bonds. The number of nitro benzene ring substituents is 1. The van der Waals surface area contributed by atoms with Crippen LogP contribution in [-0.4, -0.2) is 30.1 Å². The van der Waals surface area contributed by atoms with Crippen molar-refractivity contribution in [2.75, 3.05) is 18.1 Å². The molecule has 1 aromatic carbocycles. The van der Waals surface area contributed by atoms with Crippen LogP contribution in [0.2, 0.25) is 0 Å². The molecule has 2 heterocycles. The van der Waals surface area contributed by atoms with Gasteiger partial charge in [0.15, 0.2) is 0 Å². The summed E-state index contributed by atoms with van der Waals surface area (Å²) in [4.78, 5) is 24.8. The highest BCUT2D eigenvalue weighted by Gasteiger charge is 2.41. The largest absolute Gasteiger partial charge is 0.368 e. The molecule has 112 valence electrons. The van der Waals surface area contributed by atoms with Crippen LogP contribution in [0.5, 0.6) is 0 Å². The maximum atomic E-state index is 12.6. The van der Waals surface area contributed by atoms with Crippen LogP contribution in [-0.2, 0) is 14.9 Å². The monoisotopic (exact) mass is 290 g/mol. The third kappa shape index (κ3) is 2.29. The lowest BCUT2D eigenvalue weighted by Crippen LogP contribution is -2.40. The van der Waals surface area contributed by atoms with E-state index in [4.69, 9.17) is 4.74 Å². The number of benzene rings is 1. The number of amides is 1. The highest BCUT2D eigenvalue weighted by Crippen LogP contribution is 2.42. The van der Waals surface area contributed by atoms with Crippen LogP contribution in [0.25, 0.3) is 0 Å². The third-order valence-corrected chi connectivity index (χ3v) is 4.24. The standard InChI is InChI=1S/C15H18N2O4/c1-15(2)9-16(14(18)13-4-3-7-21-13)12-8-10(17(19)20)5-6-11(12)15/h5-6,8,13H,3-4,7,9H2,1-2H3. The summed E-state index contributed by atoms with van der Waals surface area (Å²) in [6.07, 6.45) is 1.20. The summed E-state index contributed by atoms with van der Waals surface area (Å²) in [6.45, 7) is 5.22. The second-order valence-corrected chi connectivity index (χ2v) is 6.27. The van der Waals surface area contributed by atoms with Gasteiger partial charge in [-0.3, -0.25) is 14.9 Å². The zero-order valence-electron chi connectivity index (χ0n) is 12.2. The molecule has 0 saturated carbocycles. The molecule has 1 aromatic rings. The van der Waals surface area contributed by atoms with Crippen LogP contribution in [0.15, 0.2) is 18.2 Å². The lowest BCUT2D eigenvalue weighted by Gasteiger charge is -2.23. The van der Waals surface area contributed by atoms with Crippen LogP contribution in [0.4, 0.5) is 11.4 Å². The predicted molar refractivity (Wildman–Crippen MR) is 77.4 cm³/mol. The van der Waals surface area contributed by atoms with Gasteiger partial charge in [-0.2, -0.15) is 0 Å². The summed E-state index contributed by atoms with van der Waals surface area (Å²) >= 11 is 0. The fourth-order valence-corrected chi connectivity index (χ4v) is 3.14. The van der Waals surface area contributed by atoms with Crippen LogP contribution < -0.4 is 4.90 Å². The van der Waals surface area contributed by atoms with E-state index < -0.39 is 11.0 Å². The van der Waals surface area contributed by atoms with Crippen LogP contribution in [0.1, 0.15) is 32.3 Å². The summed E-state index contributed by atoms with van der Waals surface area (Å²) in [7, 11) is 0. The molecule has 0 bridgehead atoms. The average Bonchev–Trinajstić information content (AvgIpc) is 3.05. The minimum absolute atomic E-state index is 0.0107. The Kier molecular flexibility index (Phi) is 3.20. The van der Waals surface area contributed by atoms with Gasteiger partial charge in [-0.25, -0.2) is 0 Å². The average molecular weight is 290 g/mol. The lowest BCUT2D eigenvalue weighted by atomic mass is 9.87. The van der Waals surface area contributed by atoms with Gasteiger partial charge in [-0.1, -0.05) is 13.8 Å². The molecule has 1 saturated heterocycles. The van der Waals surface area contributed by atoms with Crippen molar-refractivity contribution < 1.29 is 14.5 Å². The van der Waals surface area contributed by atoms with Crippen LogP contribution in [0.3, 0.4) is 0 Å². The highest BCUT2D eigenvalue weighted by molar-refractivity contribution is 5.99. The van der Waals surface area contributed by atoms with E-state index in [1.165, 1.54) is 12.1 Å². The van der Waals surface area contributed by atoms with Crippen molar-refractivity contribution in [1.29, 1.82) is 0 Å². The van der Waals surface area contributed by atoms with Gasteiger partial charge in [0.2, 0.25) is 0 Å². The topological polar surface area (TPSA) is 72.7 Å². The summed E-state index contributed by atoms with van der Waals surface area (Å²) in [5.74, 6) is -0.0835. The van der Waals surface area contributed by atoms with E-state index in [1.54, 1.807) is 11.0 Å². The molecule has 0 aliphatic carbocycles. The number of hydrogen-bond acceptors (Lipinski definition) is 4. The first-order valence-electron chi connectivity index (χ1n) is 7.12. The Morgan fingerprint density at radius 2 is 2.24 bits per heavy atom. The maximum Gasteiger partial charge on any atom is 0.271 e. The van der Waals surface area contributed by atoms with Crippen LogP contribution >= 0.6 is 0 Å². The Bertz CT molecular complexity index is 606. The Morgan fingerprint density at radius 1 is 1.48 bits per heavy atom. The van der Waals surface area contributed by atoms with Gasteiger partial charge in [-0.15, -0.1) is 0 Å². The first-order valence-corrected chi connectivity index (χ1v) is 7.12. The molecule has 0 aromatic heterocycles. The molecule has 0 radical (unpaired) electrons. The first kappa shape index (κ1) is 14.0. The lowest BCUT2D eigenvalue weighted by molar-refractivity contribution is -0.384. The molecular formula is C15H18N2O4. The maximum absolute atomic E-state index is 12.6. The number of nitrogens with zero attached hydrogens (tertiary/aromatic N) is 2. The number of rotatable bonds is 2. The predicted octanol–water partition coefficient (Wildman–Crippen LogP) is 2.40. The molecule has 6 nitrogen and oxygen atoms in total. The number of anilines is 1. The Hall–Kier alpha value is -1.95. The van der Waals surface area contributed by atoms with Gasteiger partial charge in [0, 0.05) is 30.7 Å². The van der Waals surface area contributed by atoms with Gasteiger partial charge in [0.05, 0.1) is 10.6 Å². The number of carbonyl (C=O) groups is 1. The van der Waals surface area contributed by atoms with Gasteiger partial charge in [-0.05, 0) is 24.5 Å². The van der Waals surface area contributed by atoms with Crippen LogP contribution in [0, 0.1) is 10.1 Å². The van der Waals surface area contributed by atoms with E-state index in [0.29, 0.717) is 18.8 Å². The number of hydrogen-bond donors (Lipinski definition) is 0. The molecule has 3 rings (SSSR count). The number of carbonyl (C=O) groups excluding carboxylic acids is 1. The second kappa shape index (κ2) is 4.80. The zero-order valence-corrected chi connectivity index (χ0v) is 12.2. The van der Waals surface area contributed by atoms with Crippen molar-refractivity contribution in [3.05, 3.63) is 33.9 Å². The van der Waals surface area contributed by atoms with E-state index in [9.17, 15) is 14.9 Å². The van der Waals surface area contributed by atoms with Gasteiger partial charge < -0.3 is 9.64 Å². The Morgan fingerprint density at radius 3 is 2.86 bits per heavy atom. The minimum atomic E-state index is -0.430. The van der Waals surface area contributed by atoms with E-state index in [-0.39, 0.29) is 17.0 Å². The normalized spacial score (nSPS) is 23.1. The fourth-order valence-electron chi connectivity index (χ4n) is 3.14. The summed E-state index contributed by atoms with van der Waals surface area (Å²) in [5, 5.41) is 11.0. The first-order chi connectivity index (χ1) is 9.90.